The molecule has 0 aromatic heterocycles. The Labute approximate surface area is 159 Å². The van der Waals surface area contributed by atoms with E-state index in [0.29, 0.717) is 12.2 Å². The number of nitrogens with zero attached hydrogens (tertiary/aromatic N) is 1. The second-order valence-electron chi connectivity index (χ2n) is 7.29. The van der Waals surface area contributed by atoms with Crippen LogP contribution in [-0.2, 0) is 9.53 Å². The van der Waals surface area contributed by atoms with Gasteiger partial charge in [0.2, 0.25) is 0 Å². The number of hydrogen-bond acceptors (Lipinski definition) is 4. The van der Waals surface area contributed by atoms with Crippen LogP contribution in [0, 0.1) is 5.41 Å². The average Bonchev–Trinajstić information content (AvgIpc) is 2.56. The van der Waals surface area contributed by atoms with Crippen molar-refractivity contribution in [2.45, 2.75) is 61.8 Å². The molecule has 2 aliphatic carbocycles. The molecule has 3 unspecified atom stereocenters. The summed E-state index contributed by atoms with van der Waals surface area (Å²) in [4.78, 5) is 26.9. The summed E-state index contributed by atoms with van der Waals surface area (Å²) in [5, 5.41) is 8.58. The normalized spacial score (nSPS) is 24.4. The molecule has 2 saturated carbocycles. The molecule has 3 rings (SSSR count). The number of thioether (sulfide) groups is 1. The number of aliphatic carboxylic acids is 1. The highest BCUT2D eigenvalue weighted by Gasteiger charge is 2.60. The fraction of sp³-hybridized carbons (Fsp3) is 0.600. The SMILES string of the molecule is CCOC1CC(N(C)C(=O)c2ccccc2SC(C)C(=O)O)C12CCC2. The van der Waals surface area contributed by atoms with Gasteiger partial charge in [-0.05, 0) is 45.2 Å². The zero-order chi connectivity index (χ0) is 18.9. The number of carbonyl (C=O) groups excluding carboxylic acids is 1. The van der Waals surface area contributed by atoms with Crippen LogP contribution in [0.5, 0.6) is 0 Å². The number of carboxylic acids is 1. The average molecular weight is 378 g/mol. The standard InChI is InChI=1S/C20H27NO4S/c1-4-25-17-12-16(20(17)10-7-11-20)21(3)18(22)14-8-5-6-9-15(14)26-13(2)19(23)24/h5-6,8-9,13,16-17H,4,7,10-12H2,1-3H3,(H,23,24). The van der Waals surface area contributed by atoms with Crippen molar-refractivity contribution < 1.29 is 19.4 Å². The molecule has 1 aromatic carbocycles. The maximum absolute atomic E-state index is 13.2. The zero-order valence-corrected chi connectivity index (χ0v) is 16.4. The molecule has 1 N–H and O–H groups in total. The summed E-state index contributed by atoms with van der Waals surface area (Å²) in [6.07, 6.45) is 4.58. The molecule has 142 valence electrons. The Hall–Kier alpha value is -1.53. The molecular formula is C20H27NO4S. The van der Waals surface area contributed by atoms with E-state index in [1.165, 1.54) is 18.2 Å². The van der Waals surface area contributed by atoms with Crippen LogP contribution in [0.4, 0.5) is 0 Å². The number of ether oxygens (including phenoxy) is 1. The molecular weight excluding hydrogens is 350 g/mol. The van der Waals surface area contributed by atoms with Crippen molar-refractivity contribution in [3.8, 4) is 0 Å². The van der Waals surface area contributed by atoms with E-state index in [1.54, 1.807) is 13.0 Å². The van der Waals surface area contributed by atoms with Crippen LogP contribution in [0.15, 0.2) is 29.2 Å². The molecule has 0 aliphatic heterocycles. The maximum Gasteiger partial charge on any atom is 0.316 e. The van der Waals surface area contributed by atoms with Crippen LogP contribution in [0.25, 0.3) is 0 Å². The number of amides is 1. The molecule has 26 heavy (non-hydrogen) atoms. The summed E-state index contributed by atoms with van der Waals surface area (Å²) in [7, 11) is 1.87. The molecule has 5 nitrogen and oxygen atoms in total. The highest BCUT2D eigenvalue weighted by atomic mass is 32.2. The Bertz CT molecular complexity index is 688. The first-order valence-electron chi connectivity index (χ1n) is 9.28. The molecule has 0 saturated heterocycles. The van der Waals surface area contributed by atoms with E-state index in [1.807, 2.05) is 37.1 Å². The lowest BCUT2D eigenvalue weighted by Crippen LogP contribution is -2.67. The lowest BCUT2D eigenvalue weighted by molar-refractivity contribution is -0.192. The number of carboxylic acid groups (broad SMARTS) is 1. The number of rotatable bonds is 7. The minimum absolute atomic E-state index is 0.0306. The predicted molar refractivity (Wildman–Crippen MR) is 102 cm³/mol. The van der Waals surface area contributed by atoms with Gasteiger partial charge < -0.3 is 14.7 Å². The van der Waals surface area contributed by atoms with Crippen LogP contribution in [-0.4, -0.2) is 52.9 Å². The van der Waals surface area contributed by atoms with Crippen LogP contribution in [0.2, 0.25) is 0 Å². The molecule has 1 aromatic rings. The van der Waals surface area contributed by atoms with E-state index >= 15 is 0 Å². The van der Waals surface area contributed by atoms with Gasteiger partial charge in [-0.15, -0.1) is 11.8 Å². The topological polar surface area (TPSA) is 66.8 Å². The van der Waals surface area contributed by atoms with E-state index in [9.17, 15) is 14.7 Å². The van der Waals surface area contributed by atoms with Gasteiger partial charge in [-0.1, -0.05) is 18.6 Å². The van der Waals surface area contributed by atoms with Crippen molar-refractivity contribution in [1.29, 1.82) is 0 Å². The lowest BCUT2D eigenvalue weighted by Gasteiger charge is -2.63. The molecule has 3 atom stereocenters. The van der Waals surface area contributed by atoms with E-state index in [-0.39, 0.29) is 23.5 Å². The van der Waals surface area contributed by atoms with Crippen molar-refractivity contribution in [2.75, 3.05) is 13.7 Å². The number of hydrogen-bond donors (Lipinski definition) is 1. The summed E-state index contributed by atoms with van der Waals surface area (Å²) in [6, 6.07) is 7.50. The van der Waals surface area contributed by atoms with Crippen LogP contribution in [0.1, 0.15) is 49.9 Å². The third-order valence-electron chi connectivity index (χ3n) is 5.95. The minimum atomic E-state index is -0.877. The molecule has 1 amide bonds. The second-order valence-corrected chi connectivity index (χ2v) is 8.68. The Morgan fingerprint density at radius 3 is 2.65 bits per heavy atom. The van der Waals surface area contributed by atoms with Crippen molar-refractivity contribution in [3.05, 3.63) is 29.8 Å². The van der Waals surface area contributed by atoms with Crippen molar-refractivity contribution in [3.63, 3.8) is 0 Å². The third kappa shape index (κ3) is 3.25. The minimum Gasteiger partial charge on any atom is -0.480 e. The molecule has 2 fully saturated rings. The summed E-state index contributed by atoms with van der Waals surface area (Å²) >= 11 is 1.22. The first-order valence-corrected chi connectivity index (χ1v) is 10.2. The highest BCUT2D eigenvalue weighted by Crippen LogP contribution is 2.59. The number of benzene rings is 1. The van der Waals surface area contributed by atoms with Gasteiger partial charge in [-0.3, -0.25) is 9.59 Å². The largest absolute Gasteiger partial charge is 0.480 e. The lowest BCUT2D eigenvalue weighted by atomic mass is 9.50. The van der Waals surface area contributed by atoms with Gasteiger partial charge in [0.1, 0.15) is 5.25 Å². The fourth-order valence-electron chi connectivity index (χ4n) is 4.26. The molecule has 1 spiro atoms. The van der Waals surface area contributed by atoms with Gasteiger partial charge in [0.15, 0.2) is 0 Å². The van der Waals surface area contributed by atoms with Gasteiger partial charge in [0.05, 0.1) is 11.7 Å². The van der Waals surface area contributed by atoms with Crippen molar-refractivity contribution >= 4 is 23.6 Å². The fourth-order valence-corrected chi connectivity index (χ4v) is 5.19. The second kappa shape index (κ2) is 7.61. The molecule has 0 radical (unpaired) electrons. The first-order chi connectivity index (χ1) is 12.4. The van der Waals surface area contributed by atoms with Gasteiger partial charge in [0.25, 0.3) is 5.91 Å². The molecule has 6 heteroatoms. The summed E-state index contributed by atoms with van der Waals surface area (Å²) in [5.41, 5.74) is 0.707. The maximum atomic E-state index is 13.2. The predicted octanol–water partition coefficient (Wildman–Crippen LogP) is 3.67. The van der Waals surface area contributed by atoms with Crippen LogP contribution >= 0.6 is 11.8 Å². The quantitative estimate of drug-likeness (QED) is 0.735. The van der Waals surface area contributed by atoms with Crippen LogP contribution < -0.4 is 0 Å². The van der Waals surface area contributed by atoms with E-state index in [4.69, 9.17) is 4.74 Å². The van der Waals surface area contributed by atoms with Gasteiger partial charge in [0, 0.05) is 30.0 Å². The van der Waals surface area contributed by atoms with Gasteiger partial charge >= 0.3 is 5.97 Å². The monoisotopic (exact) mass is 377 g/mol. The van der Waals surface area contributed by atoms with E-state index in [2.05, 4.69) is 0 Å². The Kier molecular flexibility index (Phi) is 5.63. The number of carbonyl (C=O) groups is 2. The first kappa shape index (κ1) is 19.2. The smallest absolute Gasteiger partial charge is 0.316 e. The Balaban J connectivity index is 1.77. The van der Waals surface area contributed by atoms with E-state index in [0.717, 1.165) is 24.2 Å². The van der Waals surface area contributed by atoms with Crippen molar-refractivity contribution in [1.82, 2.24) is 4.90 Å². The summed E-state index contributed by atoms with van der Waals surface area (Å²) in [5.74, 6) is -0.908. The zero-order valence-electron chi connectivity index (χ0n) is 15.6. The Morgan fingerprint density at radius 2 is 2.08 bits per heavy atom. The third-order valence-corrected chi connectivity index (χ3v) is 7.12. The van der Waals surface area contributed by atoms with E-state index < -0.39 is 11.2 Å². The molecule has 2 aliphatic rings. The molecule has 0 heterocycles. The summed E-state index contributed by atoms with van der Waals surface area (Å²) in [6.45, 7) is 4.37. The summed E-state index contributed by atoms with van der Waals surface area (Å²) < 4.78 is 5.90. The molecule has 0 bridgehead atoms. The highest BCUT2D eigenvalue weighted by molar-refractivity contribution is 8.00. The van der Waals surface area contributed by atoms with Crippen molar-refractivity contribution in [2.24, 2.45) is 5.41 Å². The Morgan fingerprint density at radius 1 is 1.38 bits per heavy atom. The van der Waals surface area contributed by atoms with Gasteiger partial charge in [-0.25, -0.2) is 0 Å². The van der Waals surface area contributed by atoms with Gasteiger partial charge in [-0.2, -0.15) is 0 Å². The van der Waals surface area contributed by atoms with Crippen LogP contribution in [0.3, 0.4) is 0 Å².